The fraction of sp³-hybridized carbons (Fsp3) is 0.600. The van der Waals surface area contributed by atoms with E-state index in [4.69, 9.17) is 4.74 Å². The lowest BCUT2D eigenvalue weighted by atomic mass is 9.84. The van der Waals surface area contributed by atoms with Crippen molar-refractivity contribution in [2.45, 2.75) is 45.5 Å². The number of rotatable bonds is 6. The summed E-state index contributed by atoms with van der Waals surface area (Å²) in [5.74, 6) is -5.09. The first-order valence-electron chi connectivity index (χ1n) is 14.9. The first kappa shape index (κ1) is 31.9. The van der Waals surface area contributed by atoms with Gasteiger partial charge in [-0.1, -0.05) is 13.8 Å². The van der Waals surface area contributed by atoms with E-state index in [0.717, 1.165) is 0 Å². The van der Waals surface area contributed by atoms with Gasteiger partial charge in [0.1, 0.15) is 5.82 Å². The van der Waals surface area contributed by atoms with E-state index >= 15 is 4.39 Å². The third kappa shape index (κ3) is 6.90. The normalized spacial score (nSPS) is 25.2. The van der Waals surface area contributed by atoms with Gasteiger partial charge in [-0.2, -0.15) is 13.2 Å². The summed E-state index contributed by atoms with van der Waals surface area (Å²) in [7, 11) is 1.98. The predicted molar refractivity (Wildman–Crippen MR) is 158 cm³/mol. The fourth-order valence-electron chi connectivity index (χ4n) is 5.92. The van der Waals surface area contributed by atoms with Crippen molar-refractivity contribution in [1.82, 2.24) is 20.2 Å². The van der Waals surface area contributed by atoms with Gasteiger partial charge in [0.25, 0.3) is 0 Å². The molecule has 1 aromatic carbocycles. The predicted octanol–water partition coefficient (Wildman–Crippen LogP) is 3.54. The summed E-state index contributed by atoms with van der Waals surface area (Å²) in [4.78, 5) is 40.2. The zero-order valence-corrected chi connectivity index (χ0v) is 25.3. The molecule has 2 aromatic rings. The molecular weight excluding hydrogens is 582 g/mol. The molecule has 4 heterocycles. The van der Waals surface area contributed by atoms with Crippen LogP contribution in [0.1, 0.15) is 27.2 Å². The van der Waals surface area contributed by atoms with Crippen LogP contribution in [0.5, 0.6) is 0 Å². The van der Waals surface area contributed by atoms with E-state index in [0.29, 0.717) is 62.4 Å². The Kier molecular flexibility index (Phi) is 9.30. The standard InChI is InChI=1S/C30H39F4N7O3/c1-17(2)26-16-41(7-8-44-26)29-36-12-19(13-37-29)20-9-24(25(11-23(20)31)40-6-5-39(4)18(3)15-40)38-28(43)21-14-35-27(42)10-22(21)30(32,33)34/h9,11-13,17-18,21-22,26H,5-8,10,14-16H2,1-4H3,(H,35,42)(H,38,43)/t18-,21?,22?,26+/m0/s1. The molecule has 14 heteroatoms. The van der Waals surface area contributed by atoms with Crippen LogP contribution in [0.2, 0.25) is 0 Å². The van der Waals surface area contributed by atoms with Crippen molar-refractivity contribution < 1.29 is 31.9 Å². The number of hydrogen-bond acceptors (Lipinski definition) is 8. The number of carbonyl (C=O) groups excluding carboxylic acids is 2. The number of piperidine rings is 1. The Morgan fingerprint density at radius 1 is 1.11 bits per heavy atom. The van der Waals surface area contributed by atoms with E-state index in [1.54, 1.807) is 0 Å². The number of hydrogen-bond donors (Lipinski definition) is 2. The summed E-state index contributed by atoms with van der Waals surface area (Å²) in [6.45, 7) is 9.25. The molecule has 0 bridgehead atoms. The zero-order valence-electron chi connectivity index (χ0n) is 25.3. The first-order valence-corrected chi connectivity index (χ1v) is 14.9. The molecule has 0 spiro atoms. The highest BCUT2D eigenvalue weighted by Crippen LogP contribution is 2.39. The van der Waals surface area contributed by atoms with Crippen LogP contribution in [0.15, 0.2) is 24.5 Å². The second kappa shape index (κ2) is 12.8. The number of amides is 2. The number of alkyl halides is 3. The molecule has 3 aliphatic heterocycles. The fourth-order valence-corrected chi connectivity index (χ4v) is 5.92. The molecule has 0 aliphatic carbocycles. The average molecular weight is 622 g/mol. The number of ether oxygens (including phenoxy) is 1. The average Bonchev–Trinajstić information content (AvgIpc) is 2.99. The van der Waals surface area contributed by atoms with E-state index in [-0.39, 0.29) is 23.4 Å². The molecule has 4 atom stereocenters. The minimum absolute atomic E-state index is 0.0370. The number of piperazine rings is 1. The summed E-state index contributed by atoms with van der Waals surface area (Å²) < 4.78 is 63.1. The zero-order chi connectivity index (χ0) is 31.8. The highest BCUT2D eigenvalue weighted by Gasteiger charge is 2.50. The molecule has 44 heavy (non-hydrogen) atoms. The number of likely N-dealkylation sites (N-methyl/N-ethyl adjacent to an activating group) is 1. The van der Waals surface area contributed by atoms with Crippen molar-refractivity contribution in [2.75, 3.05) is 68.0 Å². The summed E-state index contributed by atoms with van der Waals surface area (Å²) >= 11 is 0. The van der Waals surface area contributed by atoms with Crippen LogP contribution < -0.4 is 20.4 Å². The van der Waals surface area contributed by atoms with Crippen LogP contribution in [-0.2, 0) is 14.3 Å². The van der Waals surface area contributed by atoms with Crippen molar-refractivity contribution in [2.24, 2.45) is 17.8 Å². The van der Waals surface area contributed by atoms with Gasteiger partial charge in [0.05, 0.1) is 35.9 Å². The van der Waals surface area contributed by atoms with Crippen LogP contribution in [0.25, 0.3) is 11.1 Å². The third-order valence-corrected chi connectivity index (χ3v) is 8.88. The molecule has 1 aromatic heterocycles. The van der Waals surface area contributed by atoms with Gasteiger partial charge in [0, 0.05) is 75.3 Å². The van der Waals surface area contributed by atoms with Crippen LogP contribution >= 0.6 is 0 Å². The second-order valence-corrected chi connectivity index (χ2v) is 12.2. The Morgan fingerprint density at radius 2 is 1.84 bits per heavy atom. The van der Waals surface area contributed by atoms with Gasteiger partial charge >= 0.3 is 6.18 Å². The van der Waals surface area contributed by atoms with Gasteiger partial charge in [-0.05, 0) is 32.0 Å². The highest BCUT2D eigenvalue weighted by atomic mass is 19.4. The molecule has 3 aliphatic rings. The monoisotopic (exact) mass is 621 g/mol. The van der Waals surface area contributed by atoms with Crippen molar-refractivity contribution in [3.05, 3.63) is 30.3 Å². The van der Waals surface area contributed by atoms with Crippen LogP contribution in [0, 0.1) is 23.6 Å². The van der Waals surface area contributed by atoms with E-state index in [1.165, 1.54) is 24.5 Å². The summed E-state index contributed by atoms with van der Waals surface area (Å²) in [6.07, 6.45) is -2.53. The number of morpholine rings is 1. The number of carbonyl (C=O) groups is 2. The lowest BCUT2D eigenvalue weighted by Crippen LogP contribution is -2.51. The third-order valence-electron chi connectivity index (χ3n) is 8.88. The van der Waals surface area contributed by atoms with E-state index in [2.05, 4.69) is 39.3 Å². The lowest BCUT2D eigenvalue weighted by Gasteiger charge is -2.40. The molecule has 0 saturated carbocycles. The molecule has 10 nitrogen and oxygen atoms in total. The quantitative estimate of drug-likeness (QED) is 0.473. The smallest absolute Gasteiger partial charge is 0.374 e. The number of aromatic nitrogens is 2. The number of anilines is 3. The topological polar surface area (TPSA) is 103 Å². The Hall–Kier alpha value is -3.52. The first-order chi connectivity index (χ1) is 20.8. The molecule has 240 valence electrons. The molecule has 3 saturated heterocycles. The van der Waals surface area contributed by atoms with Gasteiger partial charge in [-0.3, -0.25) is 9.59 Å². The number of halogens is 4. The lowest BCUT2D eigenvalue weighted by molar-refractivity contribution is -0.197. The van der Waals surface area contributed by atoms with Gasteiger partial charge in [-0.15, -0.1) is 0 Å². The minimum Gasteiger partial charge on any atom is -0.374 e. The molecule has 5 rings (SSSR count). The molecule has 2 unspecified atom stereocenters. The maximum absolute atomic E-state index is 15.8. The Bertz CT molecular complexity index is 1360. The van der Waals surface area contributed by atoms with Crippen LogP contribution in [0.3, 0.4) is 0 Å². The Morgan fingerprint density at radius 3 is 2.50 bits per heavy atom. The Balaban J connectivity index is 1.46. The van der Waals surface area contributed by atoms with Gasteiger partial charge in [-0.25, -0.2) is 14.4 Å². The molecule has 3 fully saturated rings. The van der Waals surface area contributed by atoms with Crippen LogP contribution in [0.4, 0.5) is 34.9 Å². The van der Waals surface area contributed by atoms with Crippen molar-refractivity contribution in [3.63, 3.8) is 0 Å². The van der Waals surface area contributed by atoms with Gasteiger partial charge in [0.15, 0.2) is 0 Å². The van der Waals surface area contributed by atoms with E-state index in [9.17, 15) is 22.8 Å². The van der Waals surface area contributed by atoms with Gasteiger partial charge in [0.2, 0.25) is 17.8 Å². The van der Waals surface area contributed by atoms with E-state index in [1.807, 2.05) is 23.8 Å². The van der Waals surface area contributed by atoms with Gasteiger partial charge < -0.3 is 30.1 Å². The number of nitrogens with one attached hydrogen (secondary N) is 2. The van der Waals surface area contributed by atoms with Crippen molar-refractivity contribution in [3.8, 4) is 11.1 Å². The van der Waals surface area contributed by atoms with Crippen LogP contribution in [-0.4, -0.2) is 97.9 Å². The molecule has 2 amide bonds. The largest absolute Gasteiger partial charge is 0.393 e. The van der Waals surface area contributed by atoms with Crippen molar-refractivity contribution in [1.29, 1.82) is 0 Å². The summed E-state index contributed by atoms with van der Waals surface area (Å²) in [5.41, 5.74) is 1.00. The second-order valence-electron chi connectivity index (χ2n) is 12.2. The van der Waals surface area contributed by atoms with E-state index < -0.39 is 48.6 Å². The maximum Gasteiger partial charge on any atom is 0.393 e. The highest BCUT2D eigenvalue weighted by molar-refractivity contribution is 5.98. The Labute approximate surface area is 254 Å². The summed E-state index contributed by atoms with van der Waals surface area (Å²) in [6, 6.07) is 2.85. The molecular formula is C30H39F4N7O3. The maximum atomic E-state index is 15.8. The SMILES string of the molecule is CC(C)[C@H]1CN(c2ncc(-c3cc(NC(=O)C4CNC(=O)CC4C(F)(F)F)c(N4CCN(C)[C@@H](C)C4)cc3F)cn2)CCO1. The minimum atomic E-state index is -4.74. The number of benzene rings is 1. The summed E-state index contributed by atoms with van der Waals surface area (Å²) in [5, 5.41) is 5.03. The van der Waals surface area contributed by atoms with Crippen molar-refractivity contribution >= 4 is 29.1 Å². The molecule has 0 radical (unpaired) electrons. The number of nitrogens with zero attached hydrogens (tertiary/aromatic N) is 5. The molecule has 2 N–H and O–H groups in total.